The molecule has 10 heteroatoms. The lowest BCUT2D eigenvalue weighted by Crippen LogP contribution is -2.12. The second kappa shape index (κ2) is 14.0. The van der Waals surface area contributed by atoms with Crippen LogP contribution in [0.25, 0.3) is 0 Å². The fraction of sp³-hybridized carbons (Fsp3) is 0.522. The first-order valence-corrected chi connectivity index (χ1v) is 10.4. The van der Waals surface area contributed by atoms with Crippen LogP contribution in [0.1, 0.15) is 55.7 Å². The van der Waals surface area contributed by atoms with Crippen LogP contribution < -0.4 is 0 Å². The van der Waals surface area contributed by atoms with E-state index in [0.717, 1.165) is 25.3 Å². The number of hydrogen-bond donors (Lipinski definition) is 0. The molecule has 0 fully saturated rings. The van der Waals surface area contributed by atoms with Gasteiger partial charge in [0.1, 0.15) is 6.67 Å². The first-order chi connectivity index (χ1) is 15.5. The number of carbonyl (C=O) groups is 1. The molecule has 0 aliphatic heterocycles. The minimum Gasteiger partial charge on any atom is -0.463 e. The third-order valence-corrected chi connectivity index (χ3v) is 4.40. The number of rotatable bonds is 13. The molecule has 1 aromatic carbocycles. The highest BCUT2D eigenvalue weighted by molar-refractivity contribution is 5.83. The fourth-order valence-corrected chi connectivity index (χ4v) is 2.81. The molecule has 0 spiro atoms. The number of allylic oxidation sites excluding steroid dienone is 3. The normalized spacial score (nSPS) is 13.0. The molecule has 0 atom stereocenters. The molecule has 0 aliphatic carbocycles. The van der Waals surface area contributed by atoms with E-state index < -0.39 is 36.1 Å². The third-order valence-electron chi connectivity index (χ3n) is 4.40. The number of benzene rings is 1. The Balaban J connectivity index is 2.35. The van der Waals surface area contributed by atoms with E-state index in [4.69, 9.17) is 9.47 Å². The van der Waals surface area contributed by atoms with Crippen molar-refractivity contribution in [2.75, 3.05) is 19.9 Å². The number of ether oxygens (including phenoxy) is 2. The molecule has 0 unspecified atom stereocenters. The third kappa shape index (κ3) is 11.9. The minimum absolute atomic E-state index is 0.0844. The molecular formula is C23H27F7O3. The summed E-state index contributed by atoms with van der Waals surface area (Å²) in [6.07, 6.45) is -1.82. The van der Waals surface area contributed by atoms with Crippen LogP contribution >= 0.6 is 0 Å². The van der Waals surface area contributed by atoms with Crippen molar-refractivity contribution in [1.29, 1.82) is 0 Å². The van der Waals surface area contributed by atoms with Gasteiger partial charge < -0.3 is 9.47 Å². The zero-order valence-electron chi connectivity index (χ0n) is 18.2. The van der Waals surface area contributed by atoms with E-state index in [1.54, 1.807) is 13.0 Å². The van der Waals surface area contributed by atoms with Crippen LogP contribution in [0.5, 0.6) is 0 Å². The molecule has 186 valence electrons. The average molecular weight is 484 g/mol. The van der Waals surface area contributed by atoms with E-state index >= 15 is 0 Å². The molecular weight excluding hydrogens is 457 g/mol. The number of unbranched alkanes of at least 4 members (excludes halogenated alkanes) is 4. The van der Waals surface area contributed by atoms with Crippen molar-refractivity contribution in [3.63, 3.8) is 0 Å². The average Bonchev–Trinajstić information content (AvgIpc) is 2.72. The highest BCUT2D eigenvalue weighted by atomic mass is 19.4. The van der Waals surface area contributed by atoms with Crippen LogP contribution in [-0.4, -0.2) is 25.9 Å². The van der Waals surface area contributed by atoms with Crippen molar-refractivity contribution in [2.24, 2.45) is 0 Å². The summed E-state index contributed by atoms with van der Waals surface area (Å²) in [4.78, 5) is 11.3. The summed E-state index contributed by atoms with van der Waals surface area (Å²) in [5, 5.41) is 0. The van der Waals surface area contributed by atoms with Crippen LogP contribution in [0.2, 0.25) is 0 Å². The maximum absolute atomic E-state index is 12.8. The smallest absolute Gasteiger partial charge is 0.416 e. The summed E-state index contributed by atoms with van der Waals surface area (Å²) in [5.74, 6) is -0.602. The minimum atomic E-state index is -4.88. The molecule has 0 aliphatic rings. The number of esters is 1. The van der Waals surface area contributed by atoms with Gasteiger partial charge in [-0.15, -0.1) is 0 Å². The van der Waals surface area contributed by atoms with Gasteiger partial charge in [0.05, 0.1) is 24.3 Å². The molecule has 3 nitrogen and oxygen atoms in total. The summed E-state index contributed by atoms with van der Waals surface area (Å²) in [5.41, 5.74) is -2.71. The van der Waals surface area contributed by atoms with Gasteiger partial charge in [-0.3, -0.25) is 0 Å². The van der Waals surface area contributed by atoms with Gasteiger partial charge in [-0.25, -0.2) is 9.18 Å². The lowest BCUT2D eigenvalue weighted by Gasteiger charge is -2.14. The Morgan fingerprint density at radius 3 is 2.09 bits per heavy atom. The lowest BCUT2D eigenvalue weighted by molar-refractivity contribution is -0.143. The van der Waals surface area contributed by atoms with Gasteiger partial charge in [0.2, 0.25) is 0 Å². The molecule has 1 aromatic rings. The van der Waals surface area contributed by atoms with E-state index in [1.807, 2.05) is 0 Å². The Hall–Kier alpha value is -2.36. The standard InChI is InChI=1S/C23H27F7O3/c1-2-33-21(31)13-17(15-24)9-7-5-3-4-6-8-10-32-16-18-11-19(22(25,26)27)14-20(12-18)23(28,29)30/h7,9,11-14H,2-6,8,10,15-16H2,1H3. The molecule has 0 saturated carbocycles. The van der Waals surface area contributed by atoms with Crippen LogP contribution in [-0.2, 0) is 33.2 Å². The number of hydrogen-bond acceptors (Lipinski definition) is 3. The van der Waals surface area contributed by atoms with E-state index in [9.17, 15) is 35.5 Å². The molecule has 0 bridgehead atoms. The molecule has 0 aromatic heterocycles. The summed E-state index contributed by atoms with van der Waals surface area (Å²) < 4.78 is 99.9. The molecule has 1 rings (SSSR count). The van der Waals surface area contributed by atoms with Crippen molar-refractivity contribution in [2.45, 2.75) is 58.0 Å². The highest BCUT2D eigenvalue weighted by Crippen LogP contribution is 2.36. The van der Waals surface area contributed by atoms with Crippen LogP contribution in [0, 0.1) is 0 Å². The molecule has 0 radical (unpaired) electrons. The SMILES string of the molecule is CCOC(=O)C=C(C=CCCCCCCOCc1cc(C(F)(F)F)cc(C(F)(F)F)c1)CF. The van der Waals surface area contributed by atoms with Gasteiger partial charge in [0.25, 0.3) is 0 Å². The molecule has 0 amide bonds. The Morgan fingerprint density at radius 2 is 1.55 bits per heavy atom. The summed E-state index contributed by atoms with van der Waals surface area (Å²) in [6, 6.07) is 1.40. The number of carbonyl (C=O) groups excluding carboxylic acids is 1. The maximum Gasteiger partial charge on any atom is 0.416 e. The van der Waals surface area contributed by atoms with E-state index in [1.165, 1.54) is 6.08 Å². The largest absolute Gasteiger partial charge is 0.463 e. The topological polar surface area (TPSA) is 35.5 Å². The Morgan fingerprint density at radius 1 is 0.939 bits per heavy atom. The van der Waals surface area contributed by atoms with Gasteiger partial charge in [-0.1, -0.05) is 25.0 Å². The molecule has 0 heterocycles. The van der Waals surface area contributed by atoms with Crippen LogP contribution in [0.15, 0.2) is 42.0 Å². The monoisotopic (exact) mass is 484 g/mol. The van der Waals surface area contributed by atoms with Crippen LogP contribution in [0.3, 0.4) is 0 Å². The van der Waals surface area contributed by atoms with Crippen LogP contribution in [0.4, 0.5) is 30.7 Å². The number of halogens is 7. The highest BCUT2D eigenvalue weighted by Gasteiger charge is 2.36. The summed E-state index contributed by atoms with van der Waals surface area (Å²) in [6.45, 7) is 0.910. The second-order valence-corrected chi connectivity index (χ2v) is 7.18. The van der Waals surface area contributed by atoms with Gasteiger partial charge in [0, 0.05) is 12.7 Å². The van der Waals surface area contributed by atoms with Crippen molar-refractivity contribution in [3.8, 4) is 0 Å². The molecule has 33 heavy (non-hydrogen) atoms. The van der Waals surface area contributed by atoms with Gasteiger partial charge in [-0.2, -0.15) is 26.3 Å². The van der Waals surface area contributed by atoms with Crippen molar-refractivity contribution in [3.05, 3.63) is 58.7 Å². The zero-order valence-corrected chi connectivity index (χ0v) is 18.2. The molecule has 0 N–H and O–H groups in total. The van der Waals surface area contributed by atoms with Gasteiger partial charge >= 0.3 is 18.3 Å². The van der Waals surface area contributed by atoms with E-state index in [2.05, 4.69) is 0 Å². The maximum atomic E-state index is 12.8. The Bertz CT molecular complexity index is 764. The first-order valence-electron chi connectivity index (χ1n) is 10.4. The Kier molecular flexibility index (Phi) is 12.2. The van der Waals surface area contributed by atoms with Crippen molar-refractivity contribution >= 4 is 5.97 Å². The Labute approximate surface area is 188 Å². The van der Waals surface area contributed by atoms with Gasteiger partial charge in [0.15, 0.2) is 0 Å². The van der Waals surface area contributed by atoms with Gasteiger partial charge in [-0.05, 0) is 55.5 Å². The van der Waals surface area contributed by atoms with Crippen molar-refractivity contribution < 1.29 is 45.0 Å². The second-order valence-electron chi connectivity index (χ2n) is 7.18. The quantitative estimate of drug-likeness (QED) is 0.0976. The number of alkyl halides is 7. The molecule has 0 saturated heterocycles. The predicted octanol–water partition coefficient (Wildman–Crippen LogP) is 7.21. The fourth-order valence-electron chi connectivity index (χ4n) is 2.81. The predicted molar refractivity (Wildman–Crippen MR) is 109 cm³/mol. The summed E-state index contributed by atoms with van der Waals surface area (Å²) >= 11 is 0. The lowest BCUT2D eigenvalue weighted by atomic mass is 10.1. The first kappa shape index (κ1) is 28.7. The van der Waals surface area contributed by atoms with Crippen molar-refractivity contribution in [1.82, 2.24) is 0 Å². The summed E-state index contributed by atoms with van der Waals surface area (Å²) in [7, 11) is 0. The van der Waals surface area contributed by atoms with E-state index in [0.29, 0.717) is 25.0 Å². The zero-order chi connectivity index (χ0) is 24.9. The van der Waals surface area contributed by atoms with E-state index in [-0.39, 0.29) is 37.0 Å².